The van der Waals surface area contributed by atoms with E-state index in [4.69, 9.17) is 0 Å². The molecule has 0 aliphatic rings. The third-order valence-corrected chi connectivity index (χ3v) is 3.90. The number of halogens is 2. The van der Waals surface area contributed by atoms with E-state index in [1.54, 1.807) is 0 Å². The molecule has 0 spiro atoms. The second-order valence-corrected chi connectivity index (χ2v) is 6.48. The van der Waals surface area contributed by atoms with Crippen molar-refractivity contribution in [1.29, 1.82) is 0 Å². The number of phenols is 1. The van der Waals surface area contributed by atoms with Gasteiger partial charge in [0.25, 0.3) is 0 Å². The van der Waals surface area contributed by atoms with Crippen LogP contribution < -0.4 is 5.43 Å². The minimum atomic E-state index is -0.0930. The summed E-state index contributed by atoms with van der Waals surface area (Å²) in [6.45, 7) is 2.09. The monoisotopic (exact) mass is 486 g/mol. The normalized spacial score (nSPS) is 10.9. The highest BCUT2D eigenvalue weighted by Crippen LogP contribution is 2.25. The van der Waals surface area contributed by atoms with Gasteiger partial charge in [0.1, 0.15) is 5.75 Å². The molecule has 104 valence electrons. The SMILES string of the molecule is CCCCCC(=O)NN=Cc1cc(I)cc(I)c1O. The minimum absolute atomic E-state index is 0.0930. The van der Waals surface area contributed by atoms with Gasteiger partial charge in [-0.2, -0.15) is 5.10 Å². The van der Waals surface area contributed by atoms with Gasteiger partial charge in [0, 0.05) is 15.6 Å². The van der Waals surface area contributed by atoms with E-state index >= 15 is 0 Å². The van der Waals surface area contributed by atoms with Gasteiger partial charge in [0.05, 0.1) is 9.78 Å². The van der Waals surface area contributed by atoms with Crippen molar-refractivity contribution in [1.82, 2.24) is 5.43 Å². The van der Waals surface area contributed by atoms with Gasteiger partial charge in [-0.05, 0) is 63.7 Å². The maximum Gasteiger partial charge on any atom is 0.240 e. The van der Waals surface area contributed by atoms with Crippen LogP contribution in [0.15, 0.2) is 17.2 Å². The number of unbranched alkanes of at least 4 members (excludes halogenated alkanes) is 2. The molecule has 1 amide bonds. The first-order valence-corrected chi connectivity index (χ1v) is 8.20. The highest BCUT2D eigenvalue weighted by atomic mass is 127. The first kappa shape index (κ1) is 16.7. The summed E-state index contributed by atoms with van der Waals surface area (Å²) in [5, 5.41) is 13.7. The quantitative estimate of drug-likeness (QED) is 0.280. The zero-order valence-corrected chi connectivity index (χ0v) is 14.9. The van der Waals surface area contributed by atoms with E-state index < -0.39 is 0 Å². The number of hydrogen-bond donors (Lipinski definition) is 2. The molecule has 1 aromatic carbocycles. The number of phenolic OH excluding ortho intramolecular Hbond substituents is 1. The lowest BCUT2D eigenvalue weighted by Gasteiger charge is -2.03. The van der Waals surface area contributed by atoms with Crippen LogP contribution in [0, 0.1) is 7.14 Å². The van der Waals surface area contributed by atoms with Gasteiger partial charge < -0.3 is 5.11 Å². The molecule has 0 aliphatic heterocycles. The van der Waals surface area contributed by atoms with E-state index in [9.17, 15) is 9.90 Å². The third-order valence-electron chi connectivity index (χ3n) is 2.46. The van der Waals surface area contributed by atoms with Crippen molar-refractivity contribution in [3.8, 4) is 5.75 Å². The predicted molar refractivity (Wildman–Crippen MR) is 93.4 cm³/mol. The van der Waals surface area contributed by atoms with Gasteiger partial charge >= 0.3 is 0 Å². The Kier molecular flexibility index (Phi) is 7.66. The summed E-state index contributed by atoms with van der Waals surface area (Å²) in [7, 11) is 0. The average Bonchev–Trinajstić information content (AvgIpc) is 2.35. The molecular formula is C13H16I2N2O2. The van der Waals surface area contributed by atoms with Crippen LogP contribution in [0.1, 0.15) is 38.2 Å². The summed E-state index contributed by atoms with van der Waals surface area (Å²) < 4.78 is 1.77. The maximum absolute atomic E-state index is 11.4. The Morgan fingerprint density at radius 2 is 2.16 bits per heavy atom. The van der Waals surface area contributed by atoms with Gasteiger partial charge in [-0.25, -0.2) is 5.43 Å². The third kappa shape index (κ3) is 6.07. The standard InChI is InChI=1S/C13H16I2N2O2/c1-2-3-4-5-12(18)17-16-8-9-6-10(14)7-11(15)13(9)19/h6-8,19H,2-5H2,1H3,(H,17,18). The number of carbonyl (C=O) groups is 1. The molecule has 1 aromatic rings. The van der Waals surface area contributed by atoms with E-state index in [1.165, 1.54) is 6.21 Å². The van der Waals surface area contributed by atoms with E-state index in [0.717, 1.165) is 26.4 Å². The molecule has 19 heavy (non-hydrogen) atoms. The molecule has 0 fully saturated rings. The van der Waals surface area contributed by atoms with Crippen LogP contribution in [0.5, 0.6) is 5.75 Å². The Balaban J connectivity index is 2.55. The highest BCUT2D eigenvalue weighted by molar-refractivity contribution is 14.1. The van der Waals surface area contributed by atoms with E-state index in [0.29, 0.717) is 12.0 Å². The number of nitrogens with one attached hydrogen (secondary N) is 1. The van der Waals surface area contributed by atoms with Gasteiger partial charge in [-0.15, -0.1) is 0 Å². The fraction of sp³-hybridized carbons (Fsp3) is 0.385. The molecule has 0 aromatic heterocycles. The number of rotatable bonds is 6. The van der Waals surface area contributed by atoms with Crippen molar-refractivity contribution >= 4 is 57.3 Å². The van der Waals surface area contributed by atoms with E-state index in [2.05, 4.69) is 62.6 Å². The van der Waals surface area contributed by atoms with Gasteiger partial charge in [-0.3, -0.25) is 4.79 Å². The van der Waals surface area contributed by atoms with E-state index in [1.807, 2.05) is 12.1 Å². The number of nitrogens with zero attached hydrogens (tertiary/aromatic N) is 1. The average molecular weight is 486 g/mol. The smallest absolute Gasteiger partial charge is 0.240 e. The fourth-order valence-electron chi connectivity index (χ4n) is 1.45. The van der Waals surface area contributed by atoms with Crippen molar-refractivity contribution in [3.05, 3.63) is 24.8 Å². The van der Waals surface area contributed by atoms with Crippen molar-refractivity contribution in [2.24, 2.45) is 5.10 Å². The first-order chi connectivity index (χ1) is 9.04. The summed E-state index contributed by atoms with van der Waals surface area (Å²) in [4.78, 5) is 11.4. The molecule has 0 aliphatic carbocycles. The predicted octanol–water partition coefficient (Wildman–Crippen LogP) is 3.63. The van der Waals surface area contributed by atoms with Gasteiger partial charge in [-0.1, -0.05) is 19.8 Å². The number of benzene rings is 1. The maximum atomic E-state index is 11.4. The van der Waals surface area contributed by atoms with Crippen molar-refractivity contribution in [2.75, 3.05) is 0 Å². The molecule has 4 nitrogen and oxygen atoms in total. The van der Waals surface area contributed by atoms with Crippen LogP contribution >= 0.6 is 45.2 Å². The first-order valence-electron chi connectivity index (χ1n) is 6.04. The molecule has 1 rings (SSSR count). The molecule has 2 N–H and O–H groups in total. The Hall–Kier alpha value is -0.380. The van der Waals surface area contributed by atoms with Crippen molar-refractivity contribution < 1.29 is 9.90 Å². The summed E-state index contributed by atoms with van der Waals surface area (Å²) in [5.74, 6) is 0.0921. The molecule has 0 radical (unpaired) electrons. The molecule has 0 heterocycles. The minimum Gasteiger partial charge on any atom is -0.506 e. The zero-order valence-electron chi connectivity index (χ0n) is 10.6. The lowest BCUT2D eigenvalue weighted by atomic mass is 10.2. The van der Waals surface area contributed by atoms with Crippen LogP contribution in [0.4, 0.5) is 0 Å². The van der Waals surface area contributed by atoms with E-state index in [-0.39, 0.29) is 11.7 Å². The summed E-state index contributed by atoms with van der Waals surface area (Å²) >= 11 is 4.23. The largest absolute Gasteiger partial charge is 0.506 e. The summed E-state index contributed by atoms with van der Waals surface area (Å²) in [6, 6.07) is 3.68. The Labute approximate surface area is 140 Å². The number of hydrogen-bond acceptors (Lipinski definition) is 3. The second-order valence-electron chi connectivity index (χ2n) is 4.08. The highest BCUT2D eigenvalue weighted by Gasteiger charge is 2.05. The number of amides is 1. The van der Waals surface area contributed by atoms with Crippen LogP contribution in [0.25, 0.3) is 0 Å². The molecule has 0 bridgehead atoms. The van der Waals surface area contributed by atoms with Crippen LogP contribution in [0.2, 0.25) is 0 Å². The van der Waals surface area contributed by atoms with Gasteiger partial charge in [0.15, 0.2) is 0 Å². The Bertz CT molecular complexity index is 476. The molecule has 0 atom stereocenters. The lowest BCUT2D eigenvalue weighted by molar-refractivity contribution is -0.121. The van der Waals surface area contributed by atoms with Crippen LogP contribution in [-0.4, -0.2) is 17.2 Å². The zero-order chi connectivity index (χ0) is 14.3. The molecular weight excluding hydrogens is 470 g/mol. The van der Waals surface area contributed by atoms with Crippen LogP contribution in [0.3, 0.4) is 0 Å². The lowest BCUT2D eigenvalue weighted by Crippen LogP contribution is -2.16. The summed E-state index contributed by atoms with van der Waals surface area (Å²) in [5.41, 5.74) is 3.07. The molecule has 0 unspecified atom stereocenters. The second kappa shape index (κ2) is 8.72. The van der Waals surface area contributed by atoms with Crippen LogP contribution in [-0.2, 0) is 4.79 Å². The topological polar surface area (TPSA) is 61.7 Å². The van der Waals surface area contributed by atoms with Crippen molar-refractivity contribution in [2.45, 2.75) is 32.6 Å². The molecule has 6 heteroatoms. The number of hydrazone groups is 1. The van der Waals surface area contributed by atoms with Crippen molar-refractivity contribution in [3.63, 3.8) is 0 Å². The number of carbonyl (C=O) groups excluding carboxylic acids is 1. The van der Waals surface area contributed by atoms with Gasteiger partial charge in [0.2, 0.25) is 5.91 Å². The number of aromatic hydroxyl groups is 1. The molecule has 0 saturated heterocycles. The fourth-order valence-corrected chi connectivity index (χ4v) is 3.34. The Morgan fingerprint density at radius 3 is 2.84 bits per heavy atom. The molecule has 0 saturated carbocycles. The summed E-state index contributed by atoms with van der Waals surface area (Å²) in [6.07, 6.45) is 4.97. The Morgan fingerprint density at radius 1 is 1.42 bits per heavy atom.